The highest BCUT2D eigenvalue weighted by Crippen LogP contribution is 2.48. The average Bonchev–Trinajstić information content (AvgIpc) is 2.83. The summed E-state index contributed by atoms with van der Waals surface area (Å²) in [5, 5.41) is 12.4. The van der Waals surface area contributed by atoms with Gasteiger partial charge in [0.2, 0.25) is 5.91 Å². The highest BCUT2D eigenvalue weighted by Gasteiger charge is 2.64. The third kappa shape index (κ3) is 2.51. The molecular formula is C7H10F3N3O2. The molecule has 1 amide bonds. The molecule has 1 aliphatic rings. The number of nitrogens with two attached hydrogens (primary N) is 1. The molecule has 15 heavy (non-hydrogen) atoms. The minimum absolute atomic E-state index is 0.127. The molecule has 5 nitrogen and oxygen atoms in total. The lowest BCUT2D eigenvalue weighted by molar-refractivity contribution is -0.170. The largest absolute Gasteiger partial charge is 0.411 e. The van der Waals surface area contributed by atoms with E-state index in [1.807, 2.05) is 5.32 Å². The van der Waals surface area contributed by atoms with E-state index in [0.29, 0.717) is 0 Å². The van der Waals surface area contributed by atoms with E-state index >= 15 is 0 Å². The Kier molecular flexibility index (Phi) is 2.78. The third-order valence-corrected chi connectivity index (χ3v) is 2.14. The Morgan fingerprint density at radius 1 is 1.53 bits per heavy atom. The fraction of sp³-hybridized carbons (Fsp3) is 0.714. The van der Waals surface area contributed by atoms with Gasteiger partial charge < -0.3 is 16.3 Å². The van der Waals surface area contributed by atoms with Crippen LogP contribution >= 0.6 is 0 Å². The molecule has 1 aliphatic carbocycles. The number of alkyl halides is 3. The molecule has 1 rings (SSSR count). The predicted molar refractivity (Wildman–Crippen MR) is 44.2 cm³/mol. The zero-order valence-electron chi connectivity index (χ0n) is 7.64. The first-order chi connectivity index (χ1) is 6.81. The predicted octanol–water partition coefficient (Wildman–Crippen LogP) is 0.334. The number of rotatable bonds is 3. The van der Waals surface area contributed by atoms with Crippen LogP contribution in [0.4, 0.5) is 13.2 Å². The number of carbonyl (C=O) groups excluding carboxylic acids is 1. The van der Waals surface area contributed by atoms with Crippen molar-refractivity contribution in [3.8, 4) is 0 Å². The zero-order chi connectivity index (χ0) is 11.7. The van der Waals surface area contributed by atoms with E-state index in [1.165, 1.54) is 0 Å². The van der Waals surface area contributed by atoms with E-state index in [4.69, 9.17) is 10.9 Å². The molecule has 4 N–H and O–H groups in total. The van der Waals surface area contributed by atoms with Gasteiger partial charge in [-0.2, -0.15) is 13.2 Å². The van der Waals surface area contributed by atoms with Crippen LogP contribution in [0.2, 0.25) is 0 Å². The number of carbonyl (C=O) groups is 1. The second-order valence-electron chi connectivity index (χ2n) is 3.40. The minimum Gasteiger partial charge on any atom is -0.409 e. The Labute approximate surface area is 83.1 Å². The normalized spacial score (nSPS) is 19.8. The molecule has 1 saturated carbocycles. The first-order valence-electron chi connectivity index (χ1n) is 4.15. The lowest BCUT2D eigenvalue weighted by Crippen LogP contribution is -2.48. The van der Waals surface area contributed by atoms with Gasteiger partial charge in [0.25, 0.3) is 0 Å². The van der Waals surface area contributed by atoms with Crippen LogP contribution in [0, 0.1) is 0 Å². The van der Waals surface area contributed by atoms with E-state index in [2.05, 4.69) is 5.16 Å². The summed E-state index contributed by atoms with van der Waals surface area (Å²) >= 11 is 0. The highest BCUT2D eigenvalue weighted by molar-refractivity contribution is 5.99. The summed E-state index contributed by atoms with van der Waals surface area (Å²) in [6.07, 6.45) is -5.25. The van der Waals surface area contributed by atoms with Gasteiger partial charge in [-0.1, -0.05) is 5.16 Å². The van der Waals surface area contributed by atoms with E-state index < -0.39 is 29.9 Å². The van der Waals surface area contributed by atoms with Gasteiger partial charge in [-0.05, 0) is 12.8 Å². The molecule has 0 aromatic rings. The Morgan fingerprint density at radius 3 is 2.40 bits per heavy atom. The fourth-order valence-electron chi connectivity index (χ4n) is 1.12. The number of amides is 1. The molecule has 0 radical (unpaired) electrons. The van der Waals surface area contributed by atoms with Crippen molar-refractivity contribution in [1.82, 2.24) is 5.32 Å². The summed E-state index contributed by atoms with van der Waals surface area (Å²) in [5.74, 6) is -1.33. The minimum atomic E-state index is -4.45. The van der Waals surface area contributed by atoms with Gasteiger partial charge in [-0.15, -0.1) is 0 Å². The van der Waals surface area contributed by atoms with Crippen molar-refractivity contribution in [3.63, 3.8) is 0 Å². The SMILES string of the molecule is NC(CC(=O)NC1(C(F)(F)F)CC1)=NO. The molecule has 0 spiro atoms. The van der Waals surface area contributed by atoms with Crippen LogP contribution in [0.25, 0.3) is 0 Å². The maximum atomic E-state index is 12.3. The van der Waals surface area contributed by atoms with Gasteiger partial charge in [-0.3, -0.25) is 4.79 Å². The standard InChI is InChI=1S/C7H10F3N3O2/c8-7(9,10)6(1-2-6)12-5(14)3-4(11)13-15/h15H,1-3H2,(H2,11,13)(H,12,14). The summed E-state index contributed by atoms with van der Waals surface area (Å²) in [6.45, 7) is 0. The van der Waals surface area contributed by atoms with E-state index in [0.717, 1.165) is 0 Å². The van der Waals surface area contributed by atoms with Crippen molar-refractivity contribution in [1.29, 1.82) is 0 Å². The number of halogens is 3. The van der Waals surface area contributed by atoms with Crippen LogP contribution in [0.3, 0.4) is 0 Å². The first kappa shape index (κ1) is 11.6. The molecule has 8 heteroatoms. The smallest absolute Gasteiger partial charge is 0.409 e. The molecule has 0 aliphatic heterocycles. The Balaban J connectivity index is 2.53. The highest BCUT2D eigenvalue weighted by atomic mass is 19.4. The lowest BCUT2D eigenvalue weighted by atomic mass is 10.2. The number of nitrogens with zero attached hydrogens (tertiary/aromatic N) is 1. The van der Waals surface area contributed by atoms with Gasteiger partial charge in [-0.25, -0.2) is 0 Å². The van der Waals surface area contributed by atoms with E-state index in [-0.39, 0.29) is 12.8 Å². The number of nitrogens with one attached hydrogen (secondary N) is 1. The summed E-state index contributed by atoms with van der Waals surface area (Å²) in [7, 11) is 0. The molecule has 0 unspecified atom stereocenters. The maximum Gasteiger partial charge on any atom is 0.411 e. The zero-order valence-corrected chi connectivity index (χ0v) is 7.64. The quantitative estimate of drug-likeness (QED) is 0.280. The average molecular weight is 225 g/mol. The van der Waals surface area contributed by atoms with Crippen LogP contribution in [0.5, 0.6) is 0 Å². The molecular weight excluding hydrogens is 215 g/mol. The van der Waals surface area contributed by atoms with E-state index in [1.54, 1.807) is 0 Å². The van der Waals surface area contributed by atoms with Gasteiger partial charge in [0.05, 0.1) is 6.42 Å². The van der Waals surface area contributed by atoms with Gasteiger partial charge >= 0.3 is 6.18 Å². The van der Waals surface area contributed by atoms with Gasteiger partial charge in [0.1, 0.15) is 11.4 Å². The number of hydrogen-bond acceptors (Lipinski definition) is 3. The van der Waals surface area contributed by atoms with Crippen LogP contribution in [-0.4, -0.2) is 28.7 Å². The summed E-state index contributed by atoms with van der Waals surface area (Å²) in [4.78, 5) is 11.0. The second kappa shape index (κ2) is 3.59. The van der Waals surface area contributed by atoms with Crippen LogP contribution in [-0.2, 0) is 4.79 Å². The van der Waals surface area contributed by atoms with Crippen molar-refractivity contribution in [2.75, 3.05) is 0 Å². The molecule has 0 atom stereocenters. The van der Waals surface area contributed by atoms with Gasteiger partial charge in [0.15, 0.2) is 0 Å². The summed E-state index contributed by atoms with van der Waals surface area (Å²) < 4.78 is 37.0. The van der Waals surface area contributed by atoms with Gasteiger partial charge in [0, 0.05) is 0 Å². The molecule has 0 heterocycles. The molecule has 0 saturated heterocycles. The molecule has 1 fully saturated rings. The number of amidine groups is 1. The van der Waals surface area contributed by atoms with Crippen molar-refractivity contribution in [3.05, 3.63) is 0 Å². The summed E-state index contributed by atoms with van der Waals surface area (Å²) in [6, 6.07) is 0. The van der Waals surface area contributed by atoms with Crippen molar-refractivity contribution in [2.24, 2.45) is 10.9 Å². The lowest BCUT2D eigenvalue weighted by Gasteiger charge is -2.20. The molecule has 0 bridgehead atoms. The van der Waals surface area contributed by atoms with Crippen LogP contribution in [0.15, 0.2) is 5.16 Å². The first-order valence-corrected chi connectivity index (χ1v) is 4.15. The Bertz CT molecular complexity index is 296. The Hall–Kier alpha value is -1.47. The van der Waals surface area contributed by atoms with E-state index in [9.17, 15) is 18.0 Å². The monoisotopic (exact) mass is 225 g/mol. The van der Waals surface area contributed by atoms with Crippen LogP contribution < -0.4 is 11.1 Å². The fourth-order valence-corrected chi connectivity index (χ4v) is 1.12. The number of oxime groups is 1. The molecule has 86 valence electrons. The Morgan fingerprint density at radius 2 is 2.07 bits per heavy atom. The summed E-state index contributed by atoms with van der Waals surface area (Å²) in [5.41, 5.74) is 2.88. The maximum absolute atomic E-state index is 12.3. The third-order valence-electron chi connectivity index (χ3n) is 2.14. The van der Waals surface area contributed by atoms with Crippen molar-refractivity contribution in [2.45, 2.75) is 31.0 Å². The van der Waals surface area contributed by atoms with Crippen molar-refractivity contribution >= 4 is 11.7 Å². The second-order valence-corrected chi connectivity index (χ2v) is 3.40. The number of hydrogen-bond donors (Lipinski definition) is 3. The van der Waals surface area contributed by atoms with Crippen LogP contribution in [0.1, 0.15) is 19.3 Å². The molecule has 0 aromatic carbocycles. The molecule has 0 aromatic heterocycles. The topological polar surface area (TPSA) is 87.7 Å². The van der Waals surface area contributed by atoms with Crippen molar-refractivity contribution < 1.29 is 23.2 Å².